The van der Waals surface area contributed by atoms with Crippen LogP contribution >= 0.6 is 0 Å². The lowest BCUT2D eigenvalue weighted by atomic mass is 9.94. The van der Waals surface area contributed by atoms with Gasteiger partial charge in [-0.3, -0.25) is 0 Å². The molecule has 2 amide bonds. The van der Waals surface area contributed by atoms with Crippen LogP contribution in [0, 0.1) is 0 Å². The lowest BCUT2D eigenvalue weighted by Gasteiger charge is -2.35. The second-order valence-corrected chi connectivity index (χ2v) is 7.82. The molecule has 0 radical (unpaired) electrons. The van der Waals surface area contributed by atoms with Crippen molar-refractivity contribution in [2.75, 3.05) is 29.9 Å². The van der Waals surface area contributed by atoms with Crippen molar-refractivity contribution in [1.82, 2.24) is 5.32 Å². The minimum absolute atomic E-state index is 0.0743. The third kappa shape index (κ3) is 5.06. The molecule has 2 aliphatic heterocycles. The van der Waals surface area contributed by atoms with Gasteiger partial charge in [-0.05, 0) is 57.7 Å². The monoisotopic (exact) mass is 385 g/mol. The first-order chi connectivity index (χ1) is 12.6. The minimum atomic E-state index is -4.46. The summed E-state index contributed by atoms with van der Waals surface area (Å²) >= 11 is 0. The molecule has 1 atom stereocenters. The second-order valence-electron chi connectivity index (χ2n) is 7.82. The van der Waals surface area contributed by atoms with E-state index in [1.807, 2.05) is 18.7 Å². The maximum Gasteiger partial charge on any atom is 0.416 e. The number of hydrogen-bond acceptors (Lipinski definition) is 3. The predicted octanol–water partition coefficient (Wildman–Crippen LogP) is 4.38. The van der Waals surface area contributed by atoms with Gasteiger partial charge < -0.3 is 20.3 Å². The van der Waals surface area contributed by atoms with Gasteiger partial charge in [0.25, 0.3) is 0 Å². The number of benzene rings is 1. The highest BCUT2D eigenvalue weighted by Gasteiger charge is 2.33. The fourth-order valence-electron chi connectivity index (χ4n) is 3.75. The van der Waals surface area contributed by atoms with Crippen LogP contribution in [0.15, 0.2) is 18.2 Å². The van der Waals surface area contributed by atoms with Gasteiger partial charge in [-0.2, -0.15) is 13.2 Å². The Kier molecular flexibility index (Phi) is 5.55. The topological polar surface area (TPSA) is 53.6 Å². The lowest BCUT2D eigenvalue weighted by molar-refractivity contribution is -0.137. The first-order valence-corrected chi connectivity index (χ1v) is 9.32. The number of hydrogen-bond donors (Lipinski definition) is 2. The van der Waals surface area contributed by atoms with Crippen LogP contribution in [0.3, 0.4) is 0 Å². The highest BCUT2D eigenvalue weighted by atomic mass is 19.4. The molecule has 5 nitrogen and oxygen atoms in total. The molecular weight excluding hydrogens is 359 g/mol. The number of nitrogens with zero attached hydrogens (tertiary/aromatic N) is 1. The van der Waals surface area contributed by atoms with Gasteiger partial charge in [0.05, 0.1) is 22.5 Å². The van der Waals surface area contributed by atoms with Crippen LogP contribution in [-0.4, -0.2) is 37.4 Å². The van der Waals surface area contributed by atoms with Gasteiger partial charge in [0.15, 0.2) is 0 Å². The van der Waals surface area contributed by atoms with Gasteiger partial charge in [0.1, 0.15) is 0 Å². The Hall–Kier alpha value is -1.96. The van der Waals surface area contributed by atoms with E-state index in [1.165, 1.54) is 6.07 Å². The number of nitrogens with one attached hydrogen (secondary N) is 2. The quantitative estimate of drug-likeness (QED) is 0.812. The van der Waals surface area contributed by atoms with Crippen LogP contribution in [-0.2, 0) is 10.9 Å². The SMILES string of the molecule is CC1(C)C[C@H](NC(=O)Nc2cc(C(F)(F)F)ccc2N2CCCC2)CCO1. The standard InChI is InChI=1S/C19H26F3N3O2/c1-18(2)12-14(7-10-27-18)23-17(26)24-15-11-13(19(20,21)22)5-6-16(15)25-8-3-4-9-25/h5-6,11,14H,3-4,7-10,12H2,1-2H3,(H2,23,24,26)/t14-/m1/s1. The van der Waals surface area contributed by atoms with Crippen LogP contribution in [0.1, 0.15) is 45.1 Å². The van der Waals surface area contributed by atoms with Crippen LogP contribution in [0.25, 0.3) is 0 Å². The van der Waals surface area contributed by atoms with Crippen molar-refractivity contribution in [3.05, 3.63) is 23.8 Å². The second kappa shape index (κ2) is 7.58. The zero-order chi connectivity index (χ0) is 19.7. The zero-order valence-electron chi connectivity index (χ0n) is 15.7. The number of alkyl halides is 3. The van der Waals surface area contributed by atoms with E-state index < -0.39 is 17.8 Å². The van der Waals surface area contributed by atoms with Crippen molar-refractivity contribution in [3.8, 4) is 0 Å². The van der Waals surface area contributed by atoms with E-state index >= 15 is 0 Å². The average molecular weight is 385 g/mol. The Morgan fingerprint density at radius 2 is 1.96 bits per heavy atom. The van der Waals surface area contributed by atoms with Crippen molar-refractivity contribution in [1.29, 1.82) is 0 Å². The normalized spacial score (nSPS) is 22.6. The van der Waals surface area contributed by atoms with E-state index in [9.17, 15) is 18.0 Å². The van der Waals surface area contributed by atoms with E-state index in [0.29, 0.717) is 25.1 Å². The molecule has 2 aliphatic rings. The Bertz CT molecular complexity index is 685. The summed E-state index contributed by atoms with van der Waals surface area (Å²) in [4.78, 5) is 14.5. The Balaban J connectivity index is 1.76. The number of ether oxygens (including phenoxy) is 1. The third-order valence-electron chi connectivity index (χ3n) is 5.05. The zero-order valence-corrected chi connectivity index (χ0v) is 15.7. The first kappa shape index (κ1) is 19.8. The molecule has 2 fully saturated rings. The number of rotatable bonds is 3. The van der Waals surface area contributed by atoms with E-state index in [2.05, 4.69) is 10.6 Å². The van der Waals surface area contributed by atoms with Crippen molar-refractivity contribution < 1.29 is 22.7 Å². The molecule has 1 aromatic carbocycles. The Labute approximate surface area is 157 Å². The molecule has 2 N–H and O–H groups in total. The highest BCUT2D eigenvalue weighted by molar-refractivity contribution is 5.93. The van der Waals surface area contributed by atoms with Crippen molar-refractivity contribution in [2.24, 2.45) is 0 Å². The molecule has 2 heterocycles. The van der Waals surface area contributed by atoms with E-state index in [4.69, 9.17) is 4.74 Å². The van der Waals surface area contributed by atoms with Crippen molar-refractivity contribution >= 4 is 17.4 Å². The number of carbonyl (C=O) groups excluding carboxylic acids is 1. The van der Waals surface area contributed by atoms with Crippen LogP contribution in [0.4, 0.5) is 29.3 Å². The molecule has 0 aromatic heterocycles. The molecule has 150 valence electrons. The molecule has 0 aliphatic carbocycles. The maximum atomic E-state index is 13.1. The fourth-order valence-corrected chi connectivity index (χ4v) is 3.75. The largest absolute Gasteiger partial charge is 0.416 e. The molecule has 0 saturated carbocycles. The minimum Gasteiger partial charge on any atom is -0.375 e. The van der Waals surface area contributed by atoms with Gasteiger partial charge in [-0.1, -0.05) is 0 Å². The summed E-state index contributed by atoms with van der Waals surface area (Å²) in [6, 6.07) is 2.97. The molecule has 8 heteroatoms. The van der Waals surface area contributed by atoms with Crippen molar-refractivity contribution in [3.63, 3.8) is 0 Å². The average Bonchev–Trinajstić information content (AvgIpc) is 3.07. The number of halogens is 3. The maximum absolute atomic E-state index is 13.1. The molecular formula is C19H26F3N3O2. The van der Waals surface area contributed by atoms with Crippen LogP contribution in [0.2, 0.25) is 0 Å². The predicted molar refractivity (Wildman–Crippen MR) is 98.1 cm³/mol. The molecule has 3 rings (SSSR count). The van der Waals surface area contributed by atoms with Gasteiger partial charge in [-0.15, -0.1) is 0 Å². The fraction of sp³-hybridized carbons (Fsp3) is 0.632. The van der Waals surface area contributed by atoms with E-state index in [-0.39, 0.29) is 17.3 Å². The first-order valence-electron chi connectivity index (χ1n) is 9.32. The van der Waals surface area contributed by atoms with Gasteiger partial charge in [0, 0.05) is 25.7 Å². The molecule has 27 heavy (non-hydrogen) atoms. The molecule has 0 spiro atoms. The summed E-state index contributed by atoms with van der Waals surface area (Å²) in [7, 11) is 0. The number of urea groups is 1. The number of carbonyl (C=O) groups is 1. The van der Waals surface area contributed by atoms with E-state index in [1.54, 1.807) is 0 Å². The summed E-state index contributed by atoms with van der Waals surface area (Å²) in [6.45, 7) is 6.00. The third-order valence-corrected chi connectivity index (χ3v) is 5.05. The molecule has 1 aromatic rings. The van der Waals surface area contributed by atoms with Crippen LogP contribution < -0.4 is 15.5 Å². The van der Waals surface area contributed by atoms with Crippen molar-refractivity contribution in [2.45, 2.75) is 57.3 Å². The Morgan fingerprint density at radius 3 is 2.59 bits per heavy atom. The summed E-state index contributed by atoms with van der Waals surface area (Å²) in [6.07, 6.45) is -1.14. The van der Waals surface area contributed by atoms with Gasteiger partial charge in [0.2, 0.25) is 0 Å². The number of amides is 2. The van der Waals surface area contributed by atoms with E-state index in [0.717, 1.165) is 38.1 Å². The highest BCUT2D eigenvalue weighted by Crippen LogP contribution is 2.36. The Morgan fingerprint density at radius 1 is 1.26 bits per heavy atom. The summed E-state index contributed by atoms with van der Waals surface area (Å²) in [5, 5.41) is 5.51. The van der Waals surface area contributed by atoms with Gasteiger partial charge >= 0.3 is 12.2 Å². The summed E-state index contributed by atoms with van der Waals surface area (Å²) < 4.78 is 45.0. The molecule has 0 bridgehead atoms. The van der Waals surface area contributed by atoms with Gasteiger partial charge in [-0.25, -0.2) is 4.79 Å². The summed E-state index contributed by atoms with van der Waals surface area (Å²) in [5.74, 6) is 0. The molecule has 2 saturated heterocycles. The lowest BCUT2D eigenvalue weighted by Crippen LogP contribution is -2.47. The van der Waals surface area contributed by atoms with Crippen LogP contribution in [0.5, 0.6) is 0 Å². The number of anilines is 2. The summed E-state index contributed by atoms with van der Waals surface area (Å²) in [5.41, 5.74) is -0.279. The smallest absolute Gasteiger partial charge is 0.375 e. The molecule has 0 unspecified atom stereocenters.